The zero-order valence-electron chi connectivity index (χ0n) is 9.08. The van der Waals surface area contributed by atoms with Gasteiger partial charge in [-0.2, -0.15) is 0 Å². The van der Waals surface area contributed by atoms with Gasteiger partial charge in [-0.3, -0.25) is 4.79 Å². The molecule has 2 aromatic rings. The second-order valence-electron chi connectivity index (χ2n) is 3.69. The van der Waals surface area contributed by atoms with Gasteiger partial charge in [0.2, 0.25) is 0 Å². The van der Waals surface area contributed by atoms with Crippen molar-refractivity contribution in [2.75, 3.05) is 5.73 Å². The van der Waals surface area contributed by atoms with Gasteiger partial charge in [-0.15, -0.1) is 0 Å². The zero-order chi connectivity index (χ0) is 13.3. The summed E-state index contributed by atoms with van der Waals surface area (Å²) >= 11 is 6.32. The minimum absolute atomic E-state index is 0.199. The summed E-state index contributed by atoms with van der Waals surface area (Å²) in [6.07, 6.45) is 0. The van der Waals surface area contributed by atoms with Gasteiger partial charge in [-0.1, -0.05) is 0 Å². The topological polar surface area (TPSA) is 43.1 Å². The van der Waals surface area contributed by atoms with Crippen molar-refractivity contribution in [1.29, 1.82) is 0 Å². The van der Waals surface area contributed by atoms with E-state index in [4.69, 9.17) is 5.73 Å². The standard InChI is InChI=1S/C13H8Br2FNO/c14-9-3-1-8(6-12(9)17)13(18)7-2-4-11(16)10(15)5-7/h1-6H,17H2. The summed E-state index contributed by atoms with van der Waals surface area (Å²) in [5.74, 6) is -0.600. The van der Waals surface area contributed by atoms with Crippen LogP contribution in [0.3, 0.4) is 0 Å². The van der Waals surface area contributed by atoms with Crippen molar-refractivity contribution in [3.8, 4) is 0 Å². The van der Waals surface area contributed by atoms with E-state index in [0.29, 0.717) is 16.8 Å². The summed E-state index contributed by atoms with van der Waals surface area (Å²) in [4.78, 5) is 12.2. The average molecular weight is 373 g/mol. The third kappa shape index (κ3) is 2.62. The van der Waals surface area contributed by atoms with Crippen LogP contribution in [0.2, 0.25) is 0 Å². The quantitative estimate of drug-likeness (QED) is 0.635. The number of rotatable bonds is 2. The number of hydrogen-bond donors (Lipinski definition) is 1. The molecule has 18 heavy (non-hydrogen) atoms. The summed E-state index contributed by atoms with van der Waals surface area (Å²) in [5, 5.41) is 0. The Hall–Kier alpha value is -1.20. The molecule has 2 nitrogen and oxygen atoms in total. The highest BCUT2D eigenvalue weighted by Crippen LogP contribution is 2.23. The van der Waals surface area contributed by atoms with Gasteiger partial charge in [-0.25, -0.2) is 4.39 Å². The van der Waals surface area contributed by atoms with E-state index in [1.54, 1.807) is 18.2 Å². The Bertz CT molecular complexity index is 575. The molecule has 0 saturated carbocycles. The van der Waals surface area contributed by atoms with Crippen LogP contribution in [0.4, 0.5) is 10.1 Å². The molecule has 2 aromatic carbocycles. The van der Waals surface area contributed by atoms with Crippen LogP contribution in [0.15, 0.2) is 45.3 Å². The van der Waals surface area contributed by atoms with Crippen molar-refractivity contribution >= 4 is 43.3 Å². The van der Waals surface area contributed by atoms with E-state index in [0.717, 1.165) is 4.47 Å². The van der Waals surface area contributed by atoms with E-state index < -0.39 is 5.82 Å². The van der Waals surface area contributed by atoms with E-state index in [1.807, 2.05) is 0 Å². The SMILES string of the molecule is Nc1cc(C(=O)c2ccc(F)c(Br)c2)ccc1Br. The lowest BCUT2D eigenvalue weighted by atomic mass is 10.0. The molecule has 0 atom stereocenters. The Kier molecular flexibility index (Phi) is 3.82. The molecule has 0 heterocycles. The number of hydrogen-bond acceptors (Lipinski definition) is 2. The van der Waals surface area contributed by atoms with E-state index >= 15 is 0 Å². The van der Waals surface area contributed by atoms with Crippen LogP contribution < -0.4 is 5.73 Å². The Morgan fingerprint density at radius 2 is 1.61 bits per heavy atom. The molecule has 0 aromatic heterocycles. The van der Waals surface area contributed by atoms with E-state index in [1.165, 1.54) is 18.2 Å². The van der Waals surface area contributed by atoms with Crippen LogP contribution in [0, 0.1) is 5.82 Å². The van der Waals surface area contributed by atoms with Gasteiger partial charge in [0.25, 0.3) is 0 Å². The minimum Gasteiger partial charge on any atom is -0.398 e. The molecule has 92 valence electrons. The van der Waals surface area contributed by atoms with Crippen molar-refractivity contribution in [2.24, 2.45) is 0 Å². The fraction of sp³-hybridized carbons (Fsp3) is 0. The predicted molar refractivity (Wildman–Crippen MR) is 76.1 cm³/mol. The van der Waals surface area contributed by atoms with Gasteiger partial charge < -0.3 is 5.73 Å². The molecule has 2 N–H and O–H groups in total. The van der Waals surface area contributed by atoms with Gasteiger partial charge in [-0.05, 0) is 68.3 Å². The van der Waals surface area contributed by atoms with Crippen LogP contribution in [0.1, 0.15) is 15.9 Å². The van der Waals surface area contributed by atoms with E-state index in [-0.39, 0.29) is 10.3 Å². The highest BCUT2D eigenvalue weighted by atomic mass is 79.9. The number of benzene rings is 2. The molecule has 0 aliphatic rings. The summed E-state index contributed by atoms with van der Waals surface area (Å²) in [7, 11) is 0. The van der Waals surface area contributed by atoms with Crippen LogP contribution in [-0.4, -0.2) is 5.78 Å². The monoisotopic (exact) mass is 371 g/mol. The first-order valence-corrected chi connectivity index (χ1v) is 6.62. The van der Waals surface area contributed by atoms with Crippen LogP contribution in [-0.2, 0) is 0 Å². The molecular formula is C13H8Br2FNO. The van der Waals surface area contributed by atoms with Gasteiger partial charge >= 0.3 is 0 Å². The van der Waals surface area contributed by atoms with Crippen molar-refractivity contribution in [3.05, 3.63) is 62.3 Å². The van der Waals surface area contributed by atoms with Crippen LogP contribution >= 0.6 is 31.9 Å². The summed E-state index contributed by atoms with van der Waals surface area (Å²) in [6, 6.07) is 9.11. The minimum atomic E-state index is -0.401. The maximum Gasteiger partial charge on any atom is 0.193 e. The molecule has 0 bridgehead atoms. The maximum absolute atomic E-state index is 13.1. The van der Waals surface area contributed by atoms with E-state index in [9.17, 15) is 9.18 Å². The first kappa shape index (κ1) is 13.2. The molecular weight excluding hydrogens is 365 g/mol. The number of carbonyl (C=O) groups is 1. The van der Waals surface area contributed by atoms with Crippen molar-refractivity contribution in [2.45, 2.75) is 0 Å². The molecule has 0 spiro atoms. The van der Waals surface area contributed by atoms with Gasteiger partial charge in [0.1, 0.15) is 5.82 Å². The van der Waals surface area contributed by atoms with E-state index in [2.05, 4.69) is 31.9 Å². The van der Waals surface area contributed by atoms with Gasteiger partial charge in [0.05, 0.1) is 4.47 Å². The van der Waals surface area contributed by atoms with Crippen LogP contribution in [0.5, 0.6) is 0 Å². The molecule has 0 amide bonds. The van der Waals surface area contributed by atoms with Crippen LogP contribution in [0.25, 0.3) is 0 Å². The third-order valence-corrected chi connectivity index (χ3v) is 3.77. The number of anilines is 1. The smallest absolute Gasteiger partial charge is 0.193 e. The Morgan fingerprint density at radius 1 is 1.00 bits per heavy atom. The number of carbonyl (C=O) groups excluding carboxylic acids is 1. The Labute approximate surface area is 120 Å². The van der Waals surface area contributed by atoms with Crippen molar-refractivity contribution < 1.29 is 9.18 Å². The number of nitrogens with two attached hydrogens (primary N) is 1. The Balaban J connectivity index is 2.41. The number of ketones is 1. The highest BCUT2D eigenvalue weighted by Gasteiger charge is 2.12. The summed E-state index contributed by atoms with van der Waals surface area (Å²) < 4.78 is 14.1. The molecule has 5 heteroatoms. The van der Waals surface area contributed by atoms with Gasteiger partial charge in [0.15, 0.2) is 5.78 Å². The van der Waals surface area contributed by atoms with Gasteiger partial charge in [0, 0.05) is 21.3 Å². The maximum atomic E-state index is 13.1. The lowest BCUT2D eigenvalue weighted by Gasteiger charge is -2.05. The third-order valence-electron chi connectivity index (χ3n) is 2.44. The Morgan fingerprint density at radius 3 is 2.22 bits per heavy atom. The highest BCUT2D eigenvalue weighted by molar-refractivity contribution is 9.10. The number of halogens is 3. The lowest BCUT2D eigenvalue weighted by Crippen LogP contribution is -2.02. The fourth-order valence-corrected chi connectivity index (χ4v) is 2.11. The summed E-state index contributed by atoms with van der Waals surface area (Å²) in [5.41, 5.74) is 7.08. The largest absolute Gasteiger partial charge is 0.398 e. The second-order valence-corrected chi connectivity index (χ2v) is 5.40. The average Bonchev–Trinajstić information content (AvgIpc) is 2.35. The zero-order valence-corrected chi connectivity index (χ0v) is 12.3. The molecule has 0 radical (unpaired) electrons. The normalized spacial score (nSPS) is 10.4. The molecule has 0 aliphatic carbocycles. The molecule has 0 fully saturated rings. The van der Waals surface area contributed by atoms with Crippen molar-refractivity contribution in [1.82, 2.24) is 0 Å². The molecule has 0 aliphatic heterocycles. The predicted octanol–water partition coefficient (Wildman–Crippen LogP) is 4.16. The number of nitrogen functional groups attached to an aromatic ring is 1. The molecule has 2 rings (SSSR count). The molecule has 0 saturated heterocycles. The lowest BCUT2D eigenvalue weighted by molar-refractivity contribution is 0.103. The first-order valence-electron chi connectivity index (χ1n) is 5.04. The molecule has 0 unspecified atom stereocenters. The van der Waals surface area contributed by atoms with Crippen molar-refractivity contribution in [3.63, 3.8) is 0 Å². The summed E-state index contributed by atoms with van der Waals surface area (Å²) in [6.45, 7) is 0. The first-order chi connectivity index (χ1) is 8.49. The second kappa shape index (κ2) is 5.20. The fourth-order valence-electron chi connectivity index (χ4n) is 1.49.